The minimum absolute atomic E-state index is 0.574. The van der Waals surface area contributed by atoms with Crippen molar-refractivity contribution in [3.8, 4) is 5.69 Å². The fourth-order valence-corrected chi connectivity index (χ4v) is 2.85. The number of aryl methyl sites for hydroxylation is 3. The lowest BCUT2D eigenvalue weighted by atomic mass is 10.1. The summed E-state index contributed by atoms with van der Waals surface area (Å²) in [4.78, 5) is 4.19. The largest absolute Gasteiger partial charge is 0.338 e. The second-order valence-corrected chi connectivity index (χ2v) is 5.74. The van der Waals surface area contributed by atoms with E-state index in [0.717, 1.165) is 10.8 Å². The van der Waals surface area contributed by atoms with Gasteiger partial charge in [0.2, 0.25) is 5.89 Å². The fourth-order valence-electron chi connectivity index (χ4n) is 2.09. The summed E-state index contributed by atoms with van der Waals surface area (Å²) < 4.78 is 7.08. The topological polar surface area (TPSA) is 69.6 Å². The predicted molar refractivity (Wildman–Crippen MR) is 79.4 cm³/mol. The highest BCUT2D eigenvalue weighted by molar-refractivity contribution is 7.98. The fraction of sp³-hybridized carbons (Fsp3) is 0.286. The van der Waals surface area contributed by atoms with Gasteiger partial charge in [0, 0.05) is 0 Å². The summed E-state index contributed by atoms with van der Waals surface area (Å²) in [6, 6.07) is 6.30. The summed E-state index contributed by atoms with van der Waals surface area (Å²) >= 11 is 1.52. The molecule has 2 heterocycles. The van der Waals surface area contributed by atoms with Crippen molar-refractivity contribution in [2.75, 3.05) is 0 Å². The lowest BCUT2D eigenvalue weighted by molar-refractivity contribution is 0.387. The molecule has 0 fully saturated rings. The number of thioether (sulfide) groups is 1. The van der Waals surface area contributed by atoms with Gasteiger partial charge in [0.25, 0.3) is 0 Å². The Kier molecular flexibility index (Phi) is 3.74. The summed E-state index contributed by atoms with van der Waals surface area (Å²) in [5.41, 5.74) is 3.50. The number of benzene rings is 1. The van der Waals surface area contributed by atoms with Gasteiger partial charge in [-0.3, -0.25) is 4.57 Å². The van der Waals surface area contributed by atoms with Crippen molar-refractivity contribution < 1.29 is 4.52 Å². The van der Waals surface area contributed by atoms with Gasteiger partial charge in [0.1, 0.15) is 6.33 Å². The summed E-state index contributed by atoms with van der Waals surface area (Å²) in [6.45, 7) is 5.96. The van der Waals surface area contributed by atoms with Gasteiger partial charge in [-0.25, -0.2) is 0 Å². The summed E-state index contributed by atoms with van der Waals surface area (Å²) in [6.07, 6.45) is 1.72. The molecule has 0 spiro atoms. The predicted octanol–water partition coefficient (Wildman–Crippen LogP) is 2.87. The molecular formula is C14H15N5OS. The van der Waals surface area contributed by atoms with Gasteiger partial charge in [-0.2, -0.15) is 4.98 Å². The van der Waals surface area contributed by atoms with Gasteiger partial charge in [-0.15, -0.1) is 10.2 Å². The molecule has 0 N–H and O–H groups in total. The molecule has 2 aromatic heterocycles. The number of rotatable bonds is 4. The van der Waals surface area contributed by atoms with Crippen LogP contribution in [0.1, 0.15) is 22.8 Å². The third-order valence-electron chi connectivity index (χ3n) is 3.02. The Morgan fingerprint density at radius 3 is 2.81 bits per heavy atom. The van der Waals surface area contributed by atoms with E-state index in [1.165, 1.54) is 22.9 Å². The molecule has 0 amide bonds. The van der Waals surface area contributed by atoms with Crippen LogP contribution in [0.2, 0.25) is 0 Å². The maximum Gasteiger partial charge on any atom is 0.237 e. The molecule has 7 heteroatoms. The molecule has 0 saturated heterocycles. The monoisotopic (exact) mass is 301 g/mol. The minimum Gasteiger partial charge on any atom is -0.338 e. The van der Waals surface area contributed by atoms with Gasteiger partial charge in [0.15, 0.2) is 11.0 Å². The van der Waals surface area contributed by atoms with Crippen molar-refractivity contribution in [1.82, 2.24) is 24.9 Å². The highest BCUT2D eigenvalue weighted by Crippen LogP contribution is 2.24. The van der Waals surface area contributed by atoms with Gasteiger partial charge in [-0.1, -0.05) is 34.6 Å². The maximum absolute atomic E-state index is 5.11. The molecule has 3 aromatic rings. The van der Waals surface area contributed by atoms with Gasteiger partial charge < -0.3 is 4.52 Å². The van der Waals surface area contributed by atoms with Crippen molar-refractivity contribution in [2.45, 2.75) is 31.7 Å². The van der Waals surface area contributed by atoms with E-state index in [1.807, 2.05) is 4.57 Å². The normalized spacial score (nSPS) is 11.0. The van der Waals surface area contributed by atoms with Crippen LogP contribution >= 0.6 is 11.8 Å². The Hall–Kier alpha value is -2.15. The molecular weight excluding hydrogens is 286 g/mol. The Bertz CT molecular complexity index is 764. The standard InChI is InChI=1S/C14H15N5OS/c1-9-4-5-12(10(2)6-9)19-8-15-17-14(19)21-7-13-16-11(3)18-20-13/h4-6,8H,7H2,1-3H3. The van der Waals surface area contributed by atoms with Crippen molar-refractivity contribution in [3.63, 3.8) is 0 Å². The molecule has 0 atom stereocenters. The first kappa shape index (κ1) is 13.8. The average Bonchev–Trinajstić information content (AvgIpc) is 3.05. The summed E-state index contributed by atoms with van der Waals surface area (Å²) in [7, 11) is 0. The van der Waals surface area contributed by atoms with Gasteiger partial charge in [0.05, 0.1) is 11.4 Å². The molecule has 1 aromatic carbocycles. The molecule has 108 valence electrons. The third-order valence-corrected chi connectivity index (χ3v) is 3.95. The first-order valence-electron chi connectivity index (χ1n) is 6.53. The average molecular weight is 301 g/mol. The number of hydrogen-bond acceptors (Lipinski definition) is 6. The van der Waals surface area contributed by atoms with Crippen LogP contribution in [0.5, 0.6) is 0 Å². The van der Waals surface area contributed by atoms with Crippen LogP contribution in [0.3, 0.4) is 0 Å². The van der Waals surface area contributed by atoms with E-state index in [2.05, 4.69) is 52.4 Å². The van der Waals surface area contributed by atoms with Crippen LogP contribution in [-0.4, -0.2) is 24.9 Å². The van der Waals surface area contributed by atoms with Crippen molar-refractivity contribution in [2.24, 2.45) is 0 Å². The molecule has 0 bridgehead atoms. The highest BCUT2D eigenvalue weighted by Gasteiger charge is 2.11. The summed E-state index contributed by atoms with van der Waals surface area (Å²) in [5, 5.41) is 12.8. The van der Waals surface area contributed by atoms with E-state index >= 15 is 0 Å². The first-order chi connectivity index (χ1) is 10.1. The second kappa shape index (κ2) is 5.69. The molecule has 0 radical (unpaired) electrons. The minimum atomic E-state index is 0.574. The molecule has 0 aliphatic rings. The van der Waals surface area contributed by atoms with E-state index in [1.54, 1.807) is 13.3 Å². The second-order valence-electron chi connectivity index (χ2n) is 4.80. The Balaban J connectivity index is 1.83. The lowest BCUT2D eigenvalue weighted by Gasteiger charge is -2.09. The number of hydrogen-bond donors (Lipinski definition) is 0. The molecule has 0 saturated carbocycles. The SMILES string of the molecule is Cc1ccc(-n2cnnc2SCc2nc(C)no2)c(C)c1. The van der Waals surface area contributed by atoms with Crippen molar-refractivity contribution >= 4 is 11.8 Å². The zero-order valence-electron chi connectivity index (χ0n) is 12.1. The van der Waals surface area contributed by atoms with Crippen LogP contribution in [0.4, 0.5) is 0 Å². The molecule has 0 unspecified atom stereocenters. The highest BCUT2D eigenvalue weighted by atomic mass is 32.2. The van der Waals surface area contributed by atoms with Gasteiger partial charge >= 0.3 is 0 Å². The lowest BCUT2D eigenvalue weighted by Crippen LogP contribution is -1.98. The van der Waals surface area contributed by atoms with E-state index < -0.39 is 0 Å². The zero-order chi connectivity index (χ0) is 14.8. The molecule has 0 aliphatic heterocycles. The smallest absolute Gasteiger partial charge is 0.237 e. The maximum atomic E-state index is 5.11. The Morgan fingerprint density at radius 1 is 1.24 bits per heavy atom. The Labute approximate surface area is 126 Å². The van der Waals surface area contributed by atoms with Crippen LogP contribution in [0, 0.1) is 20.8 Å². The number of aromatic nitrogens is 5. The quantitative estimate of drug-likeness (QED) is 0.690. The molecule has 0 aliphatic carbocycles. The third kappa shape index (κ3) is 2.97. The van der Waals surface area contributed by atoms with E-state index in [9.17, 15) is 0 Å². The van der Waals surface area contributed by atoms with Crippen LogP contribution in [0.15, 0.2) is 34.2 Å². The van der Waals surface area contributed by atoms with E-state index in [-0.39, 0.29) is 0 Å². The van der Waals surface area contributed by atoms with Crippen LogP contribution < -0.4 is 0 Å². The zero-order valence-corrected chi connectivity index (χ0v) is 12.9. The van der Waals surface area contributed by atoms with Crippen molar-refractivity contribution in [3.05, 3.63) is 47.4 Å². The van der Waals surface area contributed by atoms with Crippen molar-refractivity contribution in [1.29, 1.82) is 0 Å². The van der Waals surface area contributed by atoms with E-state index in [0.29, 0.717) is 17.5 Å². The van der Waals surface area contributed by atoms with Crippen LogP contribution in [-0.2, 0) is 5.75 Å². The first-order valence-corrected chi connectivity index (χ1v) is 7.51. The number of nitrogens with zero attached hydrogens (tertiary/aromatic N) is 5. The Morgan fingerprint density at radius 2 is 2.10 bits per heavy atom. The molecule has 21 heavy (non-hydrogen) atoms. The van der Waals surface area contributed by atoms with E-state index in [4.69, 9.17) is 4.52 Å². The van der Waals surface area contributed by atoms with Gasteiger partial charge in [-0.05, 0) is 32.4 Å². The molecule has 3 rings (SSSR count). The molecule has 6 nitrogen and oxygen atoms in total. The summed E-state index contributed by atoms with van der Waals surface area (Å²) in [5.74, 6) is 1.80. The van der Waals surface area contributed by atoms with Crippen LogP contribution in [0.25, 0.3) is 5.69 Å².